The van der Waals surface area contributed by atoms with Crippen molar-refractivity contribution in [3.8, 4) is 0 Å². The smallest absolute Gasteiger partial charge is 0.185 e. The van der Waals surface area contributed by atoms with Crippen molar-refractivity contribution < 1.29 is 0 Å². The highest BCUT2D eigenvalue weighted by molar-refractivity contribution is 7.13. The van der Waals surface area contributed by atoms with Crippen LogP contribution in [0.25, 0.3) is 0 Å². The van der Waals surface area contributed by atoms with E-state index in [1.165, 1.54) is 25.0 Å². The molecule has 0 saturated heterocycles. The first-order valence-corrected chi connectivity index (χ1v) is 6.56. The Morgan fingerprint density at radius 2 is 2.40 bits per heavy atom. The second-order valence-corrected chi connectivity index (χ2v) is 5.03. The molecule has 84 valence electrons. The van der Waals surface area contributed by atoms with Gasteiger partial charge in [-0.2, -0.15) is 0 Å². The van der Waals surface area contributed by atoms with Crippen LogP contribution >= 0.6 is 11.3 Å². The molecule has 0 amide bonds. The molecule has 1 aliphatic rings. The second-order valence-electron chi connectivity index (χ2n) is 4.20. The van der Waals surface area contributed by atoms with Crippen LogP contribution in [0.1, 0.15) is 31.9 Å². The summed E-state index contributed by atoms with van der Waals surface area (Å²) in [6, 6.07) is 0.767. The number of aromatic nitrogens is 1. The highest BCUT2D eigenvalue weighted by atomic mass is 32.1. The van der Waals surface area contributed by atoms with E-state index in [9.17, 15) is 0 Å². The van der Waals surface area contributed by atoms with Crippen molar-refractivity contribution in [3.05, 3.63) is 11.1 Å². The van der Waals surface area contributed by atoms with Gasteiger partial charge in [0.05, 0.1) is 5.69 Å². The topological polar surface area (TPSA) is 28.2 Å². The second kappa shape index (κ2) is 4.94. The van der Waals surface area contributed by atoms with Crippen molar-refractivity contribution >= 4 is 16.5 Å². The van der Waals surface area contributed by atoms with Crippen LogP contribution in [0.4, 0.5) is 5.13 Å². The molecule has 3 nitrogen and oxygen atoms in total. The van der Waals surface area contributed by atoms with Gasteiger partial charge in [-0.15, -0.1) is 11.3 Å². The van der Waals surface area contributed by atoms with Crippen molar-refractivity contribution in [2.24, 2.45) is 0 Å². The lowest BCUT2D eigenvalue weighted by Crippen LogP contribution is -2.18. The molecule has 1 aliphatic carbocycles. The van der Waals surface area contributed by atoms with Crippen LogP contribution < -0.4 is 10.2 Å². The molecule has 1 fully saturated rings. The van der Waals surface area contributed by atoms with Crippen LogP contribution in [-0.4, -0.2) is 24.6 Å². The fourth-order valence-electron chi connectivity index (χ4n) is 1.52. The average molecular weight is 225 g/mol. The van der Waals surface area contributed by atoms with E-state index in [0.29, 0.717) is 0 Å². The first-order chi connectivity index (χ1) is 7.29. The lowest BCUT2D eigenvalue weighted by atomic mass is 10.4. The van der Waals surface area contributed by atoms with Crippen LogP contribution in [0.2, 0.25) is 0 Å². The molecule has 0 unspecified atom stereocenters. The SMILES string of the molecule is CCCN(C)c1nc(CNC2CC2)cs1. The third-order valence-electron chi connectivity index (χ3n) is 2.57. The standard InChI is InChI=1S/C11H19N3S/c1-3-6-14(2)11-13-10(8-15-11)7-12-9-4-5-9/h8-9,12H,3-7H2,1-2H3. The maximum Gasteiger partial charge on any atom is 0.185 e. The van der Waals surface area contributed by atoms with E-state index in [-0.39, 0.29) is 0 Å². The zero-order chi connectivity index (χ0) is 10.7. The van der Waals surface area contributed by atoms with Gasteiger partial charge in [-0.05, 0) is 19.3 Å². The number of hydrogen-bond donors (Lipinski definition) is 1. The van der Waals surface area contributed by atoms with E-state index in [1.54, 1.807) is 11.3 Å². The summed E-state index contributed by atoms with van der Waals surface area (Å²) >= 11 is 1.74. The Labute approximate surface area is 95.5 Å². The van der Waals surface area contributed by atoms with Crippen LogP contribution in [0.3, 0.4) is 0 Å². The summed E-state index contributed by atoms with van der Waals surface area (Å²) in [4.78, 5) is 6.84. The number of nitrogens with zero attached hydrogens (tertiary/aromatic N) is 2. The predicted molar refractivity (Wildman–Crippen MR) is 65.5 cm³/mol. The van der Waals surface area contributed by atoms with Gasteiger partial charge in [0.1, 0.15) is 0 Å². The first kappa shape index (κ1) is 10.9. The van der Waals surface area contributed by atoms with Gasteiger partial charge in [-0.25, -0.2) is 4.98 Å². The molecule has 0 radical (unpaired) electrons. The maximum absolute atomic E-state index is 4.61. The molecule has 1 aromatic rings. The summed E-state index contributed by atoms with van der Waals surface area (Å²) in [5.74, 6) is 0. The Morgan fingerprint density at radius 3 is 3.07 bits per heavy atom. The Balaban J connectivity index is 1.84. The van der Waals surface area contributed by atoms with Crippen LogP contribution in [0.15, 0.2) is 5.38 Å². The summed E-state index contributed by atoms with van der Waals surface area (Å²) in [5, 5.41) is 6.79. The van der Waals surface area contributed by atoms with Crippen molar-refractivity contribution in [1.82, 2.24) is 10.3 Å². The van der Waals surface area contributed by atoms with Gasteiger partial charge in [0.2, 0.25) is 0 Å². The highest BCUT2D eigenvalue weighted by Gasteiger charge is 2.20. The van der Waals surface area contributed by atoms with E-state index >= 15 is 0 Å². The van der Waals surface area contributed by atoms with Crippen molar-refractivity contribution in [1.29, 1.82) is 0 Å². The zero-order valence-corrected chi connectivity index (χ0v) is 10.3. The fraction of sp³-hybridized carbons (Fsp3) is 0.727. The molecule has 0 spiro atoms. The van der Waals surface area contributed by atoms with Crippen LogP contribution in [-0.2, 0) is 6.54 Å². The molecule has 1 aromatic heterocycles. The summed E-state index contributed by atoms with van der Waals surface area (Å²) in [5.41, 5.74) is 1.19. The monoisotopic (exact) mass is 225 g/mol. The summed E-state index contributed by atoms with van der Waals surface area (Å²) in [6.45, 7) is 4.21. The number of anilines is 1. The Bertz CT molecular complexity index is 307. The highest BCUT2D eigenvalue weighted by Crippen LogP contribution is 2.22. The van der Waals surface area contributed by atoms with Crippen molar-refractivity contribution in [3.63, 3.8) is 0 Å². The quantitative estimate of drug-likeness (QED) is 0.805. The molecule has 0 aromatic carbocycles. The van der Waals surface area contributed by atoms with Gasteiger partial charge in [0.25, 0.3) is 0 Å². The van der Waals surface area contributed by atoms with Crippen molar-refractivity contribution in [2.45, 2.75) is 38.8 Å². The van der Waals surface area contributed by atoms with E-state index in [0.717, 1.165) is 24.3 Å². The molecule has 1 saturated carbocycles. The molecule has 0 bridgehead atoms. The van der Waals surface area contributed by atoms with E-state index in [1.807, 2.05) is 0 Å². The molecular formula is C11H19N3S. The minimum absolute atomic E-state index is 0.767. The number of nitrogens with one attached hydrogen (secondary N) is 1. The molecule has 1 heterocycles. The van der Waals surface area contributed by atoms with Gasteiger partial charge in [-0.1, -0.05) is 6.92 Å². The van der Waals surface area contributed by atoms with Gasteiger partial charge in [-0.3, -0.25) is 0 Å². The van der Waals surface area contributed by atoms with Gasteiger partial charge in [0.15, 0.2) is 5.13 Å². The summed E-state index contributed by atoms with van der Waals surface area (Å²) in [7, 11) is 2.11. The average Bonchev–Trinajstić information content (AvgIpc) is 2.93. The maximum atomic E-state index is 4.61. The Kier molecular flexibility index (Phi) is 3.59. The predicted octanol–water partition coefficient (Wildman–Crippen LogP) is 2.24. The van der Waals surface area contributed by atoms with Gasteiger partial charge < -0.3 is 10.2 Å². The minimum atomic E-state index is 0.767. The summed E-state index contributed by atoms with van der Waals surface area (Å²) in [6.07, 6.45) is 3.85. The minimum Gasteiger partial charge on any atom is -0.351 e. The third-order valence-corrected chi connectivity index (χ3v) is 3.58. The molecule has 0 aliphatic heterocycles. The molecule has 15 heavy (non-hydrogen) atoms. The summed E-state index contributed by atoms with van der Waals surface area (Å²) < 4.78 is 0. The molecular weight excluding hydrogens is 206 g/mol. The van der Waals surface area contributed by atoms with Gasteiger partial charge in [0, 0.05) is 31.6 Å². The fourth-order valence-corrected chi connectivity index (χ4v) is 2.34. The van der Waals surface area contributed by atoms with Crippen LogP contribution in [0.5, 0.6) is 0 Å². The first-order valence-electron chi connectivity index (χ1n) is 5.68. The van der Waals surface area contributed by atoms with Gasteiger partial charge >= 0.3 is 0 Å². The third kappa shape index (κ3) is 3.18. The number of thiazole rings is 1. The molecule has 4 heteroatoms. The molecule has 0 atom stereocenters. The van der Waals surface area contributed by atoms with Crippen molar-refractivity contribution in [2.75, 3.05) is 18.5 Å². The Hall–Kier alpha value is -0.610. The normalized spacial score (nSPS) is 15.6. The molecule has 2 rings (SSSR count). The Morgan fingerprint density at radius 1 is 1.60 bits per heavy atom. The number of hydrogen-bond acceptors (Lipinski definition) is 4. The molecule has 1 N–H and O–H groups in total. The zero-order valence-electron chi connectivity index (χ0n) is 9.49. The lowest BCUT2D eigenvalue weighted by molar-refractivity contribution is 0.676. The van der Waals surface area contributed by atoms with E-state index in [2.05, 4.69) is 34.6 Å². The largest absolute Gasteiger partial charge is 0.351 e. The van der Waals surface area contributed by atoms with Crippen LogP contribution in [0, 0.1) is 0 Å². The lowest BCUT2D eigenvalue weighted by Gasteiger charge is -2.13. The number of rotatable bonds is 6. The van der Waals surface area contributed by atoms with E-state index in [4.69, 9.17) is 0 Å². The van der Waals surface area contributed by atoms with E-state index < -0.39 is 0 Å².